The van der Waals surface area contributed by atoms with E-state index in [4.69, 9.17) is 4.98 Å². The standard InChI is InChI=1S/C27H28N4/c1-4-31(5-2)22-14-15-25-23(17-22)26(24-18-28-30(3)27(24)29-25)21-13-9-12-20(16-21)19-10-7-6-8-11-19/h6-12,14-18,21H,4-5,13H2,1-3H3. The first kappa shape index (κ1) is 19.6. The van der Waals surface area contributed by atoms with Crippen LogP contribution in [-0.2, 0) is 7.05 Å². The van der Waals surface area contributed by atoms with E-state index < -0.39 is 0 Å². The molecule has 0 spiro atoms. The van der Waals surface area contributed by atoms with Crippen LogP contribution in [0, 0.1) is 0 Å². The van der Waals surface area contributed by atoms with Gasteiger partial charge in [-0.25, -0.2) is 4.98 Å². The third-order valence-electron chi connectivity index (χ3n) is 6.37. The highest BCUT2D eigenvalue weighted by molar-refractivity contribution is 5.99. The molecule has 0 bridgehead atoms. The molecule has 5 rings (SSSR count). The van der Waals surface area contributed by atoms with Crippen molar-refractivity contribution in [2.24, 2.45) is 7.05 Å². The summed E-state index contributed by atoms with van der Waals surface area (Å²) in [5.74, 6) is 0.282. The molecular formula is C27H28N4. The molecule has 1 aliphatic rings. The van der Waals surface area contributed by atoms with Gasteiger partial charge in [-0.3, -0.25) is 4.68 Å². The second-order valence-electron chi connectivity index (χ2n) is 8.14. The molecule has 0 radical (unpaired) electrons. The second kappa shape index (κ2) is 8.03. The number of benzene rings is 2. The van der Waals surface area contributed by atoms with Crippen molar-refractivity contribution in [3.63, 3.8) is 0 Å². The van der Waals surface area contributed by atoms with Crippen LogP contribution in [0.15, 0.2) is 73.0 Å². The van der Waals surface area contributed by atoms with Crippen LogP contribution in [0.5, 0.6) is 0 Å². The summed E-state index contributed by atoms with van der Waals surface area (Å²) in [6.45, 7) is 6.39. The lowest BCUT2D eigenvalue weighted by atomic mass is 9.84. The van der Waals surface area contributed by atoms with Crippen molar-refractivity contribution < 1.29 is 0 Å². The maximum absolute atomic E-state index is 4.97. The molecule has 4 nitrogen and oxygen atoms in total. The van der Waals surface area contributed by atoms with E-state index in [9.17, 15) is 0 Å². The van der Waals surface area contributed by atoms with Crippen LogP contribution in [0.1, 0.15) is 37.3 Å². The maximum Gasteiger partial charge on any atom is 0.158 e. The molecule has 0 aliphatic heterocycles. The van der Waals surface area contributed by atoms with E-state index in [1.807, 2.05) is 17.9 Å². The van der Waals surface area contributed by atoms with E-state index in [1.54, 1.807) is 0 Å². The lowest BCUT2D eigenvalue weighted by Crippen LogP contribution is -2.21. The molecule has 1 atom stereocenters. The number of anilines is 1. The summed E-state index contributed by atoms with van der Waals surface area (Å²) < 4.78 is 1.89. The summed E-state index contributed by atoms with van der Waals surface area (Å²) in [6.07, 6.45) is 9.93. The fourth-order valence-electron chi connectivity index (χ4n) is 4.74. The first-order valence-electron chi connectivity index (χ1n) is 11.1. The molecule has 1 unspecified atom stereocenters. The zero-order chi connectivity index (χ0) is 21.4. The number of aromatic nitrogens is 3. The molecular weight excluding hydrogens is 380 g/mol. The van der Waals surface area contributed by atoms with E-state index in [0.717, 1.165) is 36.1 Å². The van der Waals surface area contributed by atoms with Crippen LogP contribution < -0.4 is 4.90 Å². The first-order chi connectivity index (χ1) is 15.2. The van der Waals surface area contributed by atoms with Crippen LogP contribution in [0.25, 0.3) is 27.5 Å². The Morgan fingerprint density at radius 3 is 2.61 bits per heavy atom. The van der Waals surface area contributed by atoms with E-state index >= 15 is 0 Å². The van der Waals surface area contributed by atoms with Gasteiger partial charge in [0.1, 0.15) is 0 Å². The van der Waals surface area contributed by atoms with Crippen molar-refractivity contribution in [2.45, 2.75) is 26.2 Å². The molecule has 2 aromatic carbocycles. The molecule has 4 heteroatoms. The van der Waals surface area contributed by atoms with Crippen molar-refractivity contribution in [1.82, 2.24) is 14.8 Å². The highest BCUT2D eigenvalue weighted by Crippen LogP contribution is 2.39. The van der Waals surface area contributed by atoms with Gasteiger partial charge < -0.3 is 4.90 Å². The highest BCUT2D eigenvalue weighted by Gasteiger charge is 2.21. The zero-order valence-electron chi connectivity index (χ0n) is 18.4. The van der Waals surface area contributed by atoms with Gasteiger partial charge in [0, 0.05) is 42.5 Å². The Kier molecular flexibility index (Phi) is 5.06. The van der Waals surface area contributed by atoms with E-state index in [1.165, 1.54) is 27.8 Å². The van der Waals surface area contributed by atoms with Gasteiger partial charge in [0.15, 0.2) is 5.65 Å². The highest BCUT2D eigenvalue weighted by atomic mass is 15.3. The average molecular weight is 409 g/mol. The molecule has 31 heavy (non-hydrogen) atoms. The topological polar surface area (TPSA) is 34.0 Å². The molecule has 156 valence electrons. The number of hydrogen-bond acceptors (Lipinski definition) is 3. The number of fused-ring (bicyclic) bond motifs is 2. The minimum Gasteiger partial charge on any atom is -0.372 e. The summed E-state index contributed by atoms with van der Waals surface area (Å²) >= 11 is 0. The molecule has 2 heterocycles. The largest absolute Gasteiger partial charge is 0.372 e. The van der Waals surface area contributed by atoms with Gasteiger partial charge in [-0.2, -0.15) is 5.10 Å². The van der Waals surface area contributed by atoms with Gasteiger partial charge in [0.25, 0.3) is 0 Å². The Balaban J connectivity index is 1.74. The predicted octanol–water partition coefficient (Wildman–Crippen LogP) is 6.09. The lowest BCUT2D eigenvalue weighted by Gasteiger charge is -2.24. The molecule has 0 saturated heterocycles. The number of aryl methyl sites for hydroxylation is 1. The predicted molar refractivity (Wildman–Crippen MR) is 130 cm³/mol. The molecule has 1 aliphatic carbocycles. The summed E-state index contributed by atoms with van der Waals surface area (Å²) in [5, 5.41) is 6.93. The first-order valence-corrected chi connectivity index (χ1v) is 11.1. The molecule has 0 saturated carbocycles. The number of pyridine rings is 1. The Bertz CT molecular complexity index is 1290. The normalized spacial score (nSPS) is 16.1. The number of hydrogen-bond donors (Lipinski definition) is 0. The minimum absolute atomic E-state index is 0.282. The minimum atomic E-state index is 0.282. The van der Waals surface area contributed by atoms with E-state index in [0.29, 0.717) is 0 Å². The van der Waals surface area contributed by atoms with E-state index in [-0.39, 0.29) is 5.92 Å². The van der Waals surface area contributed by atoms with Crippen molar-refractivity contribution in [3.05, 3.63) is 84.1 Å². The Morgan fingerprint density at radius 1 is 1.03 bits per heavy atom. The summed E-state index contributed by atoms with van der Waals surface area (Å²) in [7, 11) is 1.97. The second-order valence-corrected chi connectivity index (χ2v) is 8.14. The smallest absolute Gasteiger partial charge is 0.158 e. The fourth-order valence-corrected chi connectivity index (χ4v) is 4.74. The van der Waals surface area contributed by atoms with Gasteiger partial charge >= 0.3 is 0 Å². The molecule has 0 fully saturated rings. The Labute approximate surface area is 183 Å². The zero-order valence-corrected chi connectivity index (χ0v) is 18.4. The lowest BCUT2D eigenvalue weighted by molar-refractivity contribution is 0.787. The van der Waals surface area contributed by atoms with Gasteiger partial charge in [0.2, 0.25) is 0 Å². The fraction of sp³-hybridized carbons (Fsp3) is 0.259. The number of allylic oxidation sites excluding steroid dienone is 4. The Morgan fingerprint density at radius 2 is 1.84 bits per heavy atom. The van der Waals surface area contributed by atoms with Crippen LogP contribution in [0.2, 0.25) is 0 Å². The monoisotopic (exact) mass is 408 g/mol. The van der Waals surface area contributed by atoms with Gasteiger partial charge in [-0.15, -0.1) is 0 Å². The average Bonchev–Trinajstić information content (AvgIpc) is 3.19. The quantitative estimate of drug-likeness (QED) is 0.400. The molecule has 0 amide bonds. The van der Waals surface area contributed by atoms with Crippen LogP contribution in [-0.4, -0.2) is 27.9 Å². The van der Waals surface area contributed by atoms with Crippen molar-refractivity contribution in [2.75, 3.05) is 18.0 Å². The van der Waals surface area contributed by atoms with Crippen molar-refractivity contribution >= 4 is 33.2 Å². The molecule has 0 N–H and O–H groups in total. The SMILES string of the molecule is CCN(CC)c1ccc2nc3c(cnn3C)c(C3C=C(c4ccccc4)C=CC3)c2c1. The third-order valence-corrected chi connectivity index (χ3v) is 6.37. The van der Waals surface area contributed by atoms with Gasteiger partial charge in [0.05, 0.1) is 11.7 Å². The molecule has 2 aromatic heterocycles. The number of rotatable bonds is 5. The van der Waals surface area contributed by atoms with Crippen molar-refractivity contribution in [3.8, 4) is 0 Å². The van der Waals surface area contributed by atoms with Crippen LogP contribution in [0.4, 0.5) is 5.69 Å². The maximum atomic E-state index is 4.97. The van der Waals surface area contributed by atoms with Crippen LogP contribution in [0.3, 0.4) is 0 Å². The van der Waals surface area contributed by atoms with Crippen molar-refractivity contribution in [1.29, 1.82) is 0 Å². The number of nitrogens with zero attached hydrogens (tertiary/aromatic N) is 4. The Hall–Kier alpha value is -3.40. The van der Waals surface area contributed by atoms with Gasteiger partial charge in [-0.05, 0) is 55.2 Å². The third kappa shape index (κ3) is 3.42. The molecule has 4 aromatic rings. The summed E-state index contributed by atoms with van der Waals surface area (Å²) in [5.41, 5.74) is 7.10. The summed E-state index contributed by atoms with van der Waals surface area (Å²) in [4.78, 5) is 7.36. The van der Waals surface area contributed by atoms with E-state index in [2.05, 4.69) is 90.6 Å². The summed E-state index contributed by atoms with van der Waals surface area (Å²) in [6, 6.07) is 17.3. The van der Waals surface area contributed by atoms with Crippen LogP contribution >= 0.6 is 0 Å². The van der Waals surface area contributed by atoms with Gasteiger partial charge in [-0.1, -0.05) is 48.6 Å².